The predicted molar refractivity (Wildman–Crippen MR) is 161 cm³/mol. The molecule has 3 rings (SSSR count). The van der Waals surface area contributed by atoms with Crippen molar-refractivity contribution in [3.05, 3.63) is 89.7 Å². The van der Waals surface area contributed by atoms with Gasteiger partial charge in [-0.3, -0.25) is 13.9 Å². The van der Waals surface area contributed by atoms with Crippen LogP contribution in [0.5, 0.6) is 11.5 Å². The van der Waals surface area contributed by atoms with Gasteiger partial charge >= 0.3 is 0 Å². The maximum Gasteiger partial charge on any atom is 0.244 e. The summed E-state index contributed by atoms with van der Waals surface area (Å²) in [5, 5.41) is 2.89. The first-order valence-electron chi connectivity index (χ1n) is 13.6. The first kappa shape index (κ1) is 32.4. The predicted octanol–water partition coefficient (Wildman–Crippen LogP) is 4.17. The molecule has 0 bridgehead atoms. The number of carbonyl (C=O) groups excluding carboxylic acids is 2. The quantitative estimate of drug-likeness (QED) is 0.263. The van der Waals surface area contributed by atoms with E-state index in [2.05, 4.69) is 5.32 Å². The molecule has 11 heteroatoms. The number of amides is 2. The first-order valence-corrected chi connectivity index (χ1v) is 15.5. The molecule has 9 nitrogen and oxygen atoms in total. The summed E-state index contributed by atoms with van der Waals surface area (Å²) < 4.78 is 52.6. The summed E-state index contributed by atoms with van der Waals surface area (Å²) in [6.07, 6.45) is 2.70. The minimum absolute atomic E-state index is 0.0885. The average Bonchev–Trinajstić information content (AvgIpc) is 2.98. The summed E-state index contributed by atoms with van der Waals surface area (Å²) in [5.41, 5.74) is 1.06. The molecule has 1 atom stereocenters. The molecule has 3 aromatic carbocycles. The van der Waals surface area contributed by atoms with Crippen LogP contribution in [-0.2, 0) is 32.6 Å². The number of unbranched alkanes of at least 4 members (excludes halogenated alkanes) is 1. The molecule has 0 spiro atoms. The fourth-order valence-electron chi connectivity index (χ4n) is 4.46. The van der Waals surface area contributed by atoms with Crippen molar-refractivity contribution in [1.82, 2.24) is 10.2 Å². The molecule has 1 N–H and O–H groups in total. The monoisotopic (exact) mass is 599 g/mol. The summed E-state index contributed by atoms with van der Waals surface area (Å²) in [5.74, 6) is -1.10. The lowest BCUT2D eigenvalue weighted by Gasteiger charge is -2.34. The maximum absolute atomic E-state index is 14.9. The van der Waals surface area contributed by atoms with Crippen molar-refractivity contribution < 1.29 is 31.9 Å². The van der Waals surface area contributed by atoms with Crippen LogP contribution in [0.2, 0.25) is 0 Å². The van der Waals surface area contributed by atoms with Gasteiger partial charge in [-0.25, -0.2) is 12.8 Å². The highest BCUT2D eigenvalue weighted by Gasteiger charge is 2.34. The van der Waals surface area contributed by atoms with Gasteiger partial charge in [0.15, 0.2) is 0 Å². The molecule has 0 heterocycles. The molecule has 0 radical (unpaired) electrons. The number of carbonyl (C=O) groups is 2. The summed E-state index contributed by atoms with van der Waals surface area (Å²) in [7, 11) is -1.21. The zero-order chi connectivity index (χ0) is 30.7. The third-order valence-electron chi connectivity index (χ3n) is 6.73. The van der Waals surface area contributed by atoms with E-state index in [9.17, 15) is 22.4 Å². The van der Waals surface area contributed by atoms with E-state index in [1.54, 1.807) is 12.1 Å². The lowest BCUT2D eigenvalue weighted by atomic mass is 10.0. The highest BCUT2D eigenvalue weighted by molar-refractivity contribution is 7.92. The van der Waals surface area contributed by atoms with E-state index in [4.69, 9.17) is 9.47 Å². The van der Waals surface area contributed by atoms with Gasteiger partial charge in [0.05, 0.1) is 26.2 Å². The van der Waals surface area contributed by atoms with Crippen LogP contribution in [0.3, 0.4) is 0 Å². The van der Waals surface area contributed by atoms with Crippen molar-refractivity contribution in [1.29, 1.82) is 0 Å². The molecular formula is C31H38FN3O6S. The molecule has 0 fully saturated rings. The Labute approximate surface area is 247 Å². The Bertz CT molecular complexity index is 1450. The summed E-state index contributed by atoms with van der Waals surface area (Å²) in [6.45, 7) is 1.48. The Kier molecular flexibility index (Phi) is 11.7. The van der Waals surface area contributed by atoms with Crippen molar-refractivity contribution in [2.45, 2.75) is 38.8 Å². The first-order chi connectivity index (χ1) is 20.1. The van der Waals surface area contributed by atoms with Crippen LogP contribution in [0, 0.1) is 5.82 Å². The molecule has 42 heavy (non-hydrogen) atoms. The van der Waals surface area contributed by atoms with Gasteiger partial charge < -0.3 is 19.7 Å². The average molecular weight is 600 g/mol. The molecule has 3 aromatic rings. The lowest BCUT2D eigenvalue weighted by Crippen LogP contribution is -2.53. The van der Waals surface area contributed by atoms with Gasteiger partial charge in [-0.15, -0.1) is 0 Å². The second-order valence-electron chi connectivity index (χ2n) is 9.77. The van der Waals surface area contributed by atoms with Crippen molar-refractivity contribution in [2.75, 3.05) is 37.9 Å². The van der Waals surface area contributed by atoms with Crippen LogP contribution in [0.15, 0.2) is 72.8 Å². The molecule has 0 saturated heterocycles. The molecule has 0 saturated carbocycles. The zero-order valence-electron chi connectivity index (χ0n) is 24.4. The summed E-state index contributed by atoms with van der Waals surface area (Å²) in [6, 6.07) is 18.7. The fraction of sp³-hybridized carbons (Fsp3) is 0.355. The SMILES string of the molecule is CCCCNC(=O)[C@H](Cc1ccccc1)N(Cc1ccccc1F)C(=O)CN(c1cc(OC)ccc1OC)S(C)(=O)=O. The topological polar surface area (TPSA) is 105 Å². The standard InChI is InChI=1S/C31H38FN3O6S/c1-5-6-18-33-31(37)28(19-23-12-8-7-9-13-23)34(21-24-14-10-11-15-26(24)32)30(36)22-35(42(4,38)39)27-20-25(40-2)16-17-29(27)41-3/h7-17,20,28H,5-6,18-19,21-22H2,1-4H3,(H,33,37)/t28-/m0/s1. The van der Waals surface area contributed by atoms with Gasteiger partial charge in [-0.05, 0) is 30.2 Å². The number of methoxy groups -OCH3 is 2. The second kappa shape index (κ2) is 15.2. The number of nitrogens with zero attached hydrogens (tertiary/aromatic N) is 2. The van der Waals surface area contributed by atoms with Crippen LogP contribution in [0.1, 0.15) is 30.9 Å². The third-order valence-corrected chi connectivity index (χ3v) is 7.86. The smallest absolute Gasteiger partial charge is 0.244 e. The van der Waals surface area contributed by atoms with Crippen LogP contribution >= 0.6 is 0 Å². The molecule has 226 valence electrons. The maximum atomic E-state index is 14.9. The summed E-state index contributed by atoms with van der Waals surface area (Å²) >= 11 is 0. The van der Waals surface area contributed by atoms with E-state index in [1.165, 1.54) is 49.5 Å². The largest absolute Gasteiger partial charge is 0.497 e. The van der Waals surface area contributed by atoms with E-state index in [1.807, 2.05) is 37.3 Å². The van der Waals surface area contributed by atoms with Crippen LogP contribution in [-0.4, -0.2) is 64.7 Å². The van der Waals surface area contributed by atoms with Gasteiger partial charge in [0.1, 0.15) is 29.9 Å². The molecule has 2 amide bonds. The Morgan fingerprint density at radius 3 is 2.29 bits per heavy atom. The third kappa shape index (κ3) is 8.69. The second-order valence-corrected chi connectivity index (χ2v) is 11.7. The minimum Gasteiger partial charge on any atom is -0.497 e. The molecule has 0 aliphatic rings. The number of nitrogens with one attached hydrogen (secondary N) is 1. The van der Waals surface area contributed by atoms with Crippen LogP contribution < -0.4 is 19.1 Å². The Morgan fingerprint density at radius 2 is 1.67 bits per heavy atom. The normalized spacial score (nSPS) is 11.8. The number of rotatable bonds is 15. The van der Waals surface area contributed by atoms with E-state index in [0.717, 1.165) is 29.0 Å². The summed E-state index contributed by atoms with van der Waals surface area (Å²) in [4.78, 5) is 29.0. The Balaban J connectivity index is 2.10. The fourth-order valence-corrected chi connectivity index (χ4v) is 5.30. The van der Waals surface area contributed by atoms with E-state index in [0.29, 0.717) is 12.3 Å². The van der Waals surface area contributed by atoms with E-state index in [-0.39, 0.29) is 30.0 Å². The minimum atomic E-state index is -4.03. The highest BCUT2D eigenvalue weighted by atomic mass is 32.2. The Morgan fingerprint density at radius 1 is 0.976 bits per heavy atom. The Hall–Kier alpha value is -4.12. The van der Waals surface area contributed by atoms with Crippen molar-refractivity contribution in [3.8, 4) is 11.5 Å². The lowest BCUT2D eigenvalue weighted by molar-refractivity contribution is -0.140. The van der Waals surface area contributed by atoms with Gasteiger partial charge in [0.25, 0.3) is 0 Å². The van der Waals surface area contributed by atoms with Gasteiger partial charge in [-0.1, -0.05) is 61.9 Å². The molecule has 0 unspecified atom stereocenters. The number of ether oxygens (including phenoxy) is 2. The van der Waals surface area contributed by atoms with Crippen LogP contribution in [0.4, 0.5) is 10.1 Å². The molecule has 0 aliphatic carbocycles. The molecule has 0 aromatic heterocycles. The number of hydrogen-bond acceptors (Lipinski definition) is 6. The molecule has 0 aliphatic heterocycles. The van der Waals surface area contributed by atoms with E-state index < -0.39 is 40.2 Å². The number of benzene rings is 3. The van der Waals surface area contributed by atoms with E-state index >= 15 is 0 Å². The van der Waals surface area contributed by atoms with Gasteiger partial charge in [0.2, 0.25) is 21.8 Å². The number of sulfonamides is 1. The van der Waals surface area contributed by atoms with Crippen molar-refractivity contribution >= 4 is 27.5 Å². The van der Waals surface area contributed by atoms with Gasteiger partial charge in [0, 0.05) is 31.1 Å². The van der Waals surface area contributed by atoms with Crippen molar-refractivity contribution in [2.24, 2.45) is 0 Å². The zero-order valence-corrected chi connectivity index (χ0v) is 25.2. The number of anilines is 1. The van der Waals surface area contributed by atoms with Crippen molar-refractivity contribution in [3.63, 3.8) is 0 Å². The van der Waals surface area contributed by atoms with Gasteiger partial charge in [-0.2, -0.15) is 0 Å². The van der Waals surface area contributed by atoms with Crippen LogP contribution in [0.25, 0.3) is 0 Å². The highest BCUT2D eigenvalue weighted by Crippen LogP contribution is 2.34. The number of halogens is 1. The molecular weight excluding hydrogens is 561 g/mol. The number of hydrogen-bond donors (Lipinski definition) is 1.